The minimum absolute atomic E-state index is 0.0495. The molecule has 0 aromatic heterocycles. The van der Waals surface area contributed by atoms with Gasteiger partial charge in [-0.05, 0) is 105 Å². The first kappa shape index (κ1) is 78.4. The first-order chi connectivity index (χ1) is 43.2. The Morgan fingerprint density at radius 1 is 0.591 bits per heavy atom. The summed E-state index contributed by atoms with van der Waals surface area (Å²) in [5.74, 6) is -8.82. The van der Waals surface area contributed by atoms with Gasteiger partial charge in [-0.15, -0.1) is 0 Å². The number of carbonyl (C=O) groups is 11. The molecule has 4 N–H and O–H groups in total. The summed E-state index contributed by atoms with van der Waals surface area (Å²) in [6.07, 6.45) is -3.49. The zero-order valence-electron chi connectivity index (χ0n) is 56.8. The van der Waals surface area contributed by atoms with E-state index in [1.54, 1.807) is 52.0 Å². The number of carbonyl (C=O) groups excluding carboxylic acids is 11. The van der Waals surface area contributed by atoms with Crippen LogP contribution in [0.15, 0.2) is 42.5 Å². The molecule has 0 radical (unpaired) electrons. The zero-order chi connectivity index (χ0) is 70.3. The minimum Gasteiger partial charge on any atom is -0.351 e. The number of rotatable bonds is 12. The quantitative estimate of drug-likeness (QED) is 0.192. The number of benzene rings is 2. The predicted molar refractivity (Wildman–Crippen MR) is 348 cm³/mol. The summed E-state index contributed by atoms with van der Waals surface area (Å²) < 4.78 is 41.4. The average Bonchev–Trinajstić information content (AvgIpc) is 1.77. The number of nitrogens with zero attached hydrogens (tertiary/aromatic N) is 7. The summed E-state index contributed by atoms with van der Waals surface area (Å²) in [4.78, 5) is 168. The van der Waals surface area contributed by atoms with Gasteiger partial charge in [0.15, 0.2) is 0 Å². The molecule has 2 aliphatic rings. The topological polar surface area (TPSA) is 259 Å². The summed E-state index contributed by atoms with van der Waals surface area (Å²) in [6, 6.07) is 1.24. The SMILES string of the molecule is CC[C@H](C)[C@@H]1NC(=O)[C@H](C(C)C)N(C)C(=O)C[C@@H](C)NC(=O)[C@H](CC(C)C)N(C)C(=O)C2(CCCC2)NC(=O)[C@H](CC(C)C)N(C)C(=O)[C@H](CCc2ccc(C(F)(F)F)c(Cl)c2)NC(=O)CN(C)C(=O)[C@H](Cc2ccc(Cl)cc2)N(C)C(=O)CN(C)C(=O)CN(C)C1=O. The Hall–Kier alpha value is -7.02. The number of aryl methyl sites for hydroxylation is 1. The maximum atomic E-state index is 15.2. The third-order valence-corrected chi connectivity index (χ3v) is 18.2. The molecule has 93 heavy (non-hydrogen) atoms. The number of hydrogen-bond acceptors (Lipinski definition) is 11. The van der Waals surface area contributed by atoms with Crippen LogP contribution >= 0.6 is 23.2 Å². The Bertz CT molecular complexity index is 3000. The molecule has 2 aromatic carbocycles. The Labute approximate surface area is 556 Å². The third kappa shape index (κ3) is 21.5. The van der Waals surface area contributed by atoms with E-state index in [0.717, 1.165) is 36.6 Å². The highest BCUT2D eigenvalue weighted by molar-refractivity contribution is 6.31. The molecule has 0 bridgehead atoms. The maximum Gasteiger partial charge on any atom is 0.417 e. The van der Waals surface area contributed by atoms with Crippen molar-refractivity contribution in [3.63, 3.8) is 0 Å². The smallest absolute Gasteiger partial charge is 0.351 e. The van der Waals surface area contributed by atoms with E-state index >= 15 is 14.4 Å². The number of hydrogen-bond donors (Lipinski definition) is 4. The van der Waals surface area contributed by atoms with Crippen LogP contribution in [0.4, 0.5) is 13.2 Å². The van der Waals surface area contributed by atoms with Gasteiger partial charge in [0.2, 0.25) is 65.0 Å². The summed E-state index contributed by atoms with van der Waals surface area (Å²) in [5, 5.41) is 11.2. The van der Waals surface area contributed by atoms with Crippen molar-refractivity contribution in [3.05, 3.63) is 69.2 Å². The largest absolute Gasteiger partial charge is 0.417 e. The van der Waals surface area contributed by atoms with Crippen molar-refractivity contribution in [2.75, 3.05) is 69.0 Å². The number of nitrogens with one attached hydrogen (secondary N) is 4. The Kier molecular flexibility index (Phi) is 29.0. The van der Waals surface area contributed by atoms with Crippen molar-refractivity contribution < 1.29 is 65.9 Å². The van der Waals surface area contributed by atoms with Crippen molar-refractivity contribution >= 4 is 88.2 Å². The van der Waals surface area contributed by atoms with Crippen LogP contribution in [0.1, 0.15) is 137 Å². The third-order valence-electron chi connectivity index (χ3n) is 17.7. The average molecular weight is 1350 g/mol. The van der Waals surface area contributed by atoms with E-state index < -0.39 is 161 Å². The molecular weight excluding hydrogens is 1250 g/mol. The maximum absolute atomic E-state index is 15.2. The van der Waals surface area contributed by atoms with Gasteiger partial charge in [-0.2, -0.15) is 13.2 Å². The molecule has 0 unspecified atom stereocenters. The number of amides is 11. The van der Waals surface area contributed by atoms with E-state index in [1.165, 1.54) is 65.2 Å². The molecular formula is C66H98Cl2F3N11O11. The first-order valence-electron chi connectivity index (χ1n) is 31.9. The standard InChI is InChI=1S/C66H98Cl2F3N11O11/c1-17-41(8)56-63(92)78(12)36-54(85)76(10)37-55(86)79(13)51(34-44-20-24-45(67)25-21-44)62(91)77(11)35-52(83)73-48(27-23-43-22-26-46(47(68)33-43)66(69,70)71)61(90)80(14)50(31-39(4)5)59(88)75-65(28-18-19-29-65)64(93)81(15)49(30-38(2)3)58(87)72-42(9)32-53(84)82(16)57(40(6)7)60(89)74-56/h20-22,24-26,33,38-42,48-51,56-57H,17-19,23,27-32,34-37H2,1-16H3,(H,72,87)(H,73,83)(H,74,89)(H,75,88)/t41-,42+,48-,49-,50-,51-,56-,57-/m0/s1. The summed E-state index contributed by atoms with van der Waals surface area (Å²) in [5.41, 5.74) is -1.81. The molecule has 2 aromatic rings. The van der Waals surface area contributed by atoms with Gasteiger partial charge in [0.05, 0.1) is 30.2 Å². The molecule has 8 atom stereocenters. The predicted octanol–water partition coefficient (Wildman–Crippen LogP) is 5.97. The lowest BCUT2D eigenvalue weighted by atomic mass is 9.91. The molecule has 1 spiro atoms. The highest BCUT2D eigenvalue weighted by Crippen LogP contribution is 2.36. The zero-order valence-corrected chi connectivity index (χ0v) is 58.3. The van der Waals surface area contributed by atoms with Crippen LogP contribution in [0.2, 0.25) is 10.0 Å². The van der Waals surface area contributed by atoms with Crippen molar-refractivity contribution in [2.45, 2.75) is 187 Å². The van der Waals surface area contributed by atoms with E-state index in [9.17, 15) is 51.5 Å². The fourth-order valence-electron chi connectivity index (χ4n) is 11.9. The van der Waals surface area contributed by atoms with Crippen LogP contribution in [0, 0.1) is 23.7 Å². The second-order valence-electron chi connectivity index (χ2n) is 26.6. The number of alkyl halides is 3. The second-order valence-corrected chi connectivity index (χ2v) is 27.4. The molecule has 1 aliphatic carbocycles. The lowest BCUT2D eigenvalue weighted by Gasteiger charge is -2.39. The van der Waals surface area contributed by atoms with E-state index in [4.69, 9.17) is 23.2 Å². The van der Waals surface area contributed by atoms with Gasteiger partial charge in [0.25, 0.3) is 0 Å². The fourth-order valence-corrected chi connectivity index (χ4v) is 12.3. The molecule has 1 saturated carbocycles. The summed E-state index contributed by atoms with van der Waals surface area (Å²) in [7, 11) is 9.63. The van der Waals surface area contributed by atoms with Crippen LogP contribution in [0.3, 0.4) is 0 Å². The number of halogens is 5. The van der Waals surface area contributed by atoms with E-state index in [1.807, 2.05) is 34.6 Å². The van der Waals surface area contributed by atoms with Gasteiger partial charge in [0, 0.05) is 73.2 Å². The molecule has 27 heteroatoms. The van der Waals surface area contributed by atoms with Crippen molar-refractivity contribution in [1.29, 1.82) is 0 Å². The highest BCUT2D eigenvalue weighted by atomic mass is 35.5. The highest BCUT2D eigenvalue weighted by Gasteiger charge is 2.48. The number of likely N-dealkylation sites (N-methyl/N-ethyl adjacent to an activating group) is 7. The van der Waals surface area contributed by atoms with Crippen molar-refractivity contribution in [1.82, 2.24) is 55.6 Å². The molecule has 22 nitrogen and oxygen atoms in total. The van der Waals surface area contributed by atoms with Crippen LogP contribution < -0.4 is 21.3 Å². The molecule has 4 rings (SSSR count). The minimum atomic E-state index is -4.77. The fraction of sp³-hybridized carbons (Fsp3) is 0.652. The van der Waals surface area contributed by atoms with Crippen LogP contribution in [-0.4, -0.2) is 216 Å². The van der Waals surface area contributed by atoms with Gasteiger partial charge in [-0.3, -0.25) is 52.7 Å². The Morgan fingerprint density at radius 2 is 1.14 bits per heavy atom. The lowest BCUT2D eigenvalue weighted by molar-refractivity contribution is -0.149. The normalized spacial score (nSPS) is 24.1. The monoisotopic (exact) mass is 1350 g/mol. The molecule has 1 heterocycles. The Morgan fingerprint density at radius 3 is 1.68 bits per heavy atom. The first-order valence-corrected chi connectivity index (χ1v) is 32.6. The van der Waals surface area contributed by atoms with E-state index in [0.29, 0.717) is 29.8 Å². The Balaban J connectivity index is 1.86. The molecule has 1 aliphatic heterocycles. The van der Waals surface area contributed by atoms with E-state index in [-0.39, 0.29) is 68.8 Å². The van der Waals surface area contributed by atoms with Gasteiger partial charge in [-0.1, -0.05) is 116 Å². The van der Waals surface area contributed by atoms with Crippen LogP contribution in [0.5, 0.6) is 0 Å². The van der Waals surface area contributed by atoms with Crippen molar-refractivity contribution in [3.8, 4) is 0 Å². The van der Waals surface area contributed by atoms with Crippen LogP contribution in [0.25, 0.3) is 0 Å². The molecule has 2 fully saturated rings. The van der Waals surface area contributed by atoms with Gasteiger partial charge < -0.3 is 55.6 Å². The summed E-state index contributed by atoms with van der Waals surface area (Å²) in [6.45, 7) is 14.2. The lowest BCUT2D eigenvalue weighted by Crippen LogP contribution is -2.64. The molecule has 518 valence electrons. The van der Waals surface area contributed by atoms with Gasteiger partial charge in [-0.25, -0.2) is 0 Å². The molecule has 1 saturated heterocycles. The van der Waals surface area contributed by atoms with Gasteiger partial charge in [0.1, 0.15) is 41.8 Å². The second kappa shape index (κ2) is 34.4. The van der Waals surface area contributed by atoms with E-state index in [2.05, 4.69) is 21.3 Å². The van der Waals surface area contributed by atoms with Gasteiger partial charge >= 0.3 is 6.18 Å². The summed E-state index contributed by atoms with van der Waals surface area (Å²) >= 11 is 12.3. The van der Waals surface area contributed by atoms with Crippen molar-refractivity contribution in [2.24, 2.45) is 23.7 Å². The van der Waals surface area contributed by atoms with Crippen LogP contribution in [-0.2, 0) is 71.8 Å². The molecule has 11 amide bonds.